The van der Waals surface area contributed by atoms with Crippen molar-refractivity contribution in [3.05, 3.63) is 59.7 Å². The van der Waals surface area contributed by atoms with Crippen LogP contribution in [0.25, 0.3) is 0 Å². The van der Waals surface area contributed by atoms with Crippen molar-refractivity contribution >= 4 is 0 Å². The summed E-state index contributed by atoms with van der Waals surface area (Å²) in [5, 5.41) is 24.1. The third-order valence-corrected chi connectivity index (χ3v) is 4.32. The fraction of sp³-hybridized carbons (Fsp3) is 0.455. The molecule has 28 heavy (non-hydrogen) atoms. The number of benzene rings is 2. The Balaban J connectivity index is 1.47. The molecule has 0 saturated carbocycles. The molecule has 6 nitrogen and oxygen atoms in total. The summed E-state index contributed by atoms with van der Waals surface area (Å²) in [5.74, 6) is 1.57. The SMILES string of the molecule is Cc1cccc(OC[C@H](O)C[NH2+]CC[NH2+]C[C@H](O)COc2cccc(C)c2)c1. The molecule has 0 fully saturated rings. The molecule has 0 heterocycles. The van der Waals surface area contributed by atoms with Crippen LogP contribution in [0.15, 0.2) is 48.5 Å². The number of hydrogen-bond donors (Lipinski definition) is 4. The first-order valence-electron chi connectivity index (χ1n) is 9.91. The summed E-state index contributed by atoms with van der Waals surface area (Å²) in [4.78, 5) is 0. The van der Waals surface area contributed by atoms with Crippen LogP contribution < -0.4 is 20.1 Å². The zero-order chi connectivity index (χ0) is 20.2. The van der Waals surface area contributed by atoms with Crippen LogP contribution in [0.5, 0.6) is 11.5 Å². The highest BCUT2D eigenvalue weighted by molar-refractivity contribution is 5.28. The zero-order valence-electron chi connectivity index (χ0n) is 16.9. The molecule has 0 spiro atoms. The van der Waals surface area contributed by atoms with E-state index in [1.54, 1.807) is 0 Å². The van der Waals surface area contributed by atoms with Crippen molar-refractivity contribution in [2.75, 3.05) is 39.4 Å². The number of ether oxygens (including phenoxy) is 2. The van der Waals surface area contributed by atoms with Gasteiger partial charge in [-0.25, -0.2) is 0 Å². The Labute approximate surface area is 167 Å². The third kappa shape index (κ3) is 9.19. The van der Waals surface area contributed by atoms with E-state index in [-0.39, 0.29) is 0 Å². The molecule has 6 heteroatoms. The largest absolute Gasteiger partial charge is 0.491 e. The van der Waals surface area contributed by atoms with E-state index in [4.69, 9.17) is 9.47 Å². The van der Waals surface area contributed by atoms with Gasteiger partial charge < -0.3 is 30.3 Å². The van der Waals surface area contributed by atoms with Crippen LogP contribution in [0, 0.1) is 13.8 Å². The van der Waals surface area contributed by atoms with Crippen LogP contribution in [0.4, 0.5) is 0 Å². The van der Waals surface area contributed by atoms with Gasteiger partial charge in [-0.3, -0.25) is 0 Å². The Morgan fingerprint density at radius 2 is 1.18 bits per heavy atom. The average Bonchev–Trinajstić information content (AvgIpc) is 2.67. The summed E-state index contributed by atoms with van der Waals surface area (Å²) in [6, 6.07) is 15.6. The molecule has 2 aromatic carbocycles. The molecule has 2 rings (SSSR count). The summed E-state index contributed by atoms with van der Waals surface area (Å²) in [5.41, 5.74) is 2.28. The van der Waals surface area contributed by atoms with Gasteiger partial charge >= 0.3 is 0 Å². The first-order chi connectivity index (χ1) is 13.5. The minimum absolute atomic E-state index is 0.290. The number of aliphatic hydroxyl groups excluding tert-OH is 2. The first-order valence-corrected chi connectivity index (χ1v) is 9.91. The molecule has 0 aliphatic heterocycles. The molecular formula is C22H34N2O4+2. The number of quaternary nitrogens is 2. The molecule has 0 bridgehead atoms. The normalized spacial score (nSPS) is 13.1. The Hall–Kier alpha value is -2.12. The molecule has 0 aliphatic carbocycles. The minimum atomic E-state index is -0.506. The molecule has 0 aliphatic rings. The second-order valence-corrected chi connectivity index (χ2v) is 7.19. The van der Waals surface area contributed by atoms with E-state index in [9.17, 15) is 10.2 Å². The van der Waals surface area contributed by atoms with E-state index in [0.29, 0.717) is 26.3 Å². The molecule has 0 radical (unpaired) electrons. The van der Waals surface area contributed by atoms with Crippen LogP contribution in [-0.4, -0.2) is 61.8 Å². The predicted octanol–water partition coefficient (Wildman–Crippen LogP) is -0.390. The number of aryl methyl sites for hydroxylation is 2. The van der Waals surface area contributed by atoms with Gasteiger partial charge in [0.15, 0.2) is 0 Å². The highest BCUT2D eigenvalue weighted by atomic mass is 16.5. The standard InChI is InChI=1S/C22H32N2O4/c1-17-5-3-7-21(11-17)27-15-19(25)13-23-9-10-24-14-20(26)16-28-22-8-4-6-18(2)12-22/h3-8,11-12,19-20,23-26H,9-10,13-16H2,1-2H3/p+2/t19-,20+. The first kappa shape index (κ1) is 22.2. The van der Waals surface area contributed by atoms with Crippen LogP contribution in [-0.2, 0) is 0 Å². The van der Waals surface area contributed by atoms with E-state index in [1.165, 1.54) is 0 Å². The molecule has 2 aromatic rings. The maximum Gasteiger partial charge on any atom is 0.137 e. The average molecular weight is 391 g/mol. The molecule has 0 unspecified atom stereocenters. The quantitative estimate of drug-likeness (QED) is 0.351. The van der Waals surface area contributed by atoms with Crippen LogP contribution in [0.1, 0.15) is 11.1 Å². The van der Waals surface area contributed by atoms with Crippen molar-refractivity contribution < 1.29 is 30.3 Å². The number of hydrogen-bond acceptors (Lipinski definition) is 4. The Morgan fingerprint density at radius 3 is 1.57 bits per heavy atom. The zero-order valence-corrected chi connectivity index (χ0v) is 16.9. The van der Waals surface area contributed by atoms with Crippen molar-refractivity contribution in [3.63, 3.8) is 0 Å². The van der Waals surface area contributed by atoms with Gasteiger partial charge in [-0.1, -0.05) is 24.3 Å². The number of nitrogens with two attached hydrogens (primary N) is 2. The Bertz CT molecular complexity index is 636. The lowest BCUT2D eigenvalue weighted by molar-refractivity contribution is -0.728. The van der Waals surface area contributed by atoms with E-state index >= 15 is 0 Å². The summed E-state index contributed by atoms with van der Waals surface area (Å²) < 4.78 is 11.2. The van der Waals surface area contributed by atoms with Crippen molar-refractivity contribution in [1.82, 2.24) is 0 Å². The van der Waals surface area contributed by atoms with Gasteiger partial charge in [0.1, 0.15) is 63.1 Å². The Morgan fingerprint density at radius 1 is 0.750 bits per heavy atom. The van der Waals surface area contributed by atoms with Crippen LogP contribution >= 0.6 is 0 Å². The fourth-order valence-electron chi connectivity index (χ4n) is 2.79. The monoisotopic (exact) mass is 390 g/mol. The predicted molar refractivity (Wildman–Crippen MR) is 109 cm³/mol. The van der Waals surface area contributed by atoms with Crippen molar-refractivity contribution in [2.24, 2.45) is 0 Å². The van der Waals surface area contributed by atoms with Crippen molar-refractivity contribution in [2.45, 2.75) is 26.1 Å². The lowest BCUT2D eigenvalue weighted by atomic mass is 10.2. The second-order valence-electron chi connectivity index (χ2n) is 7.19. The lowest BCUT2D eigenvalue weighted by Crippen LogP contribution is -2.96. The lowest BCUT2D eigenvalue weighted by Gasteiger charge is -2.13. The van der Waals surface area contributed by atoms with Gasteiger partial charge in [0.2, 0.25) is 0 Å². The summed E-state index contributed by atoms with van der Waals surface area (Å²) in [6.07, 6.45) is -1.01. The van der Waals surface area contributed by atoms with E-state index in [0.717, 1.165) is 35.7 Å². The summed E-state index contributed by atoms with van der Waals surface area (Å²) in [7, 11) is 0. The van der Waals surface area contributed by atoms with Gasteiger partial charge in [-0.2, -0.15) is 0 Å². The summed E-state index contributed by atoms with van der Waals surface area (Å²) in [6.45, 7) is 7.53. The molecule has 2 atom stereocenters. The molecule has 0 amide bonds. The molecular weight excluding hydrogens is 356 g/mol. The van der Waals surface area contributed by atoms with Crippen LogP contribution in [0.2, 0.25) is 0 Å². The molecule has 154 valence electrons. The molecule has 0 saturated heterocycles. The minimum Gasteiger partial charge on any atom is -0.491 e. The van der Waals surface area contributed by atoms with E-state index < -0.39 is 12.2 Å². The van der Waals surface area contributed by atoms with Gasteiger partial charge in [0.05, 0.1) is 0 Å². The molecule has 6 N–H and O–H groups in total. The maximum absolute atomic E-state index is 10.00. The van der Waals surface area contributed by atoms with Gasteiger partial charge in [-0.05, 0) is 49.2 Å². The van der Waals surface area contributed by atoms with Crippen molar-refractivity contribution in [1.29, 1.82) is 0 Å². The second kappa shape index (κ2) is 12.4. The van der Waals surface area contributed by atoms with E-state index in [2.05, 4.69) is 10.6 Å². The van der Waals surface area contributed by atoms with Gasteiger partial charge in [-0.15, -0.1) is 0 Å². The maximum atomic E-state index is 10.00. The highest BCUT2D eigenvalue weighted by Gasteiger charge is 2.10. The fourth-order valence-corrected chi connectivity index (χ4v) is 2.79. The topological polar surface area (TPSA) is 92.1 Å². The Kier molecular flexibility index (Phi) is 9.79. The van der Waals surface area contributed by atoms with Gasteiger partial charge in [0, 0.05) is 0 Å². The number of rotatable bonds is 13. The smallest absolute Gasteiger partial charge is 0.137 e. The highest BCUT2D eigenvalue weighted by Crippen LogP contribution is 2.13. The third-order valence-electron chi connectivity index (χ3n) is 4.32. The van der Waals surface area contributed by atoms with E-state index in [1.807, 2.05) is 62.4 Å². The van der Waals surface area contributed by atoms with Crippen LogP contribution in [0.3, 0.4) is 0 Å². The summed E-state index contributed by atoms with van der Waals surface area (Å²) >= 11 is 0. The van der Waals surface area contributed by atoms with Crippen molar-refractivity contribution in [3.8, 4) is 11.5 Å². The molecule has 0 aromatic heterocycles. The number of aliphatic hydroxyl groups is 2. The van der Waals surface area contributed by atoms with Gasteiger partial charge in [0.25, 0.3) is 0 Å².